The van der Waals surface area contributed by atoms with E-state index in [1.807, 2.05) is 0 Å². The third kappa shape index (κ3) is 3.92. The number of nitrogens with one attached hydrogen (secondary N) is 1. The Bertz CT molecular complexity index is 1120. The maximum atomic E-state index is 11.6. The van der Waals surface area contributed by atoms with Crippen LogP contribution in [0.3, 0.4) is 0 Å². The Kier molecular flexibility index (Phi) is 5.52. The summed E-state index contributed by atoms with van der Waals surface area (Å²) < 4.78 is 39.2. The summed E-state index contributed by atoms with van der Waals surface area (Å²) in [6.07, 6.45) is 1.43. The zero-order chi connectivity index (χ0) is 20.3. The van der Waals surface area contributed by atoms with Gasteiger partial charge in [-0.25, -0.2) is 23.5 Å². The molecule has 0 aliphatic heterocycles. The highest BCUT2D eigenvalue weighted by atomic mass is 32.2. The Morgan fingerprint density at radius 1 is 0.964 bits per heavy atom. The summed E-state index contributed by atoms with van der Waals surface area (Å²) in [5, 5.41) is 9.13. The first-order chi connectivity index (χ1) is 13.4. The first-order valence-electron chi connectivity index (χ1n) is 8.17. The number of hydrogen-bond acceptors (Lipinski definition) is 8. The van der Waals surface area contributed by atoms with Crippen LogP contribution in [0.4, 0.5) is 5.82 Å². The van der Waals surface area contributed by atoms with E-state index in [2.05, 4.69) is 15.3 Å². The van der Waals surface area contributed by atoms with E-state index >= 15 is 0 Å². The second kappa shape index (κ2) is 7.87. The first kappa shape index (κ1) is 19.6. The summed E-state index contributed by atoms with van der Waals surface area (Å²) in [7, 11) is 0.779. The third-order valence-electron chi connectivity index (χ3n) is 4.17. The lowest BCUT2D eigenvalue weighted by atomic mass is 10.1. The Morgan fingerprint density at radius 3 is 2.29 bits per heavy atom. The minimum atomic E-state index is -3.82. The molecule has 0 aliphatic carbocycles. The molecule has 0 radical (unpaired) electrons. The van der Waals surface area contributed by atoms with Crippen LogP contribution in [0.2, 0.25) is 0 Å². The average Bonchev–Trinajstić information content (AvgIpc) is 2.70. The number of fused-ring (bicyclic) bond motifs is 1. The van der Waals surface area contributed by atoms with Gasteiger partial charge in [0.2, 0.25) is 10.0 Å². The van der Waals surface area contributed by atoms with E-state index in [1.54, 1.807) is 32.4 Å². The van der Waals surface area contributed by atoms with E-state index in [4.69, 9.17) is 19.3 Å². The molecule has 0 amide bonds. The third-order valence-corrected chi connectivity index (χ3v) is 5.08. The number of nitrogens with two attached hydrogens (primary N) is 1. The molecule has 0 unspecified atom stereocenters. The van der Waals surface area contributed by atoms with Gasteiger partial charge < -0.3 is 19.5 Å². The Labute approximate surface area is 162 Å². The molecule has 3 aromatic rings. The molecule has 3 N–H and O–H groups in total. The van der Waals surface area contributed by atoms with Gasteiger partial charge >= 0.3 is 0 Å². The maximum Gasteiger partial charge on any atom is 0.238 e. The summed E-state index contributed by atoms with van der Waals surface area (Å²) in [5.74, 6) is 2.18. The van der Waals surface area contributed by atoms with Crippen molar-refractivity contribution in [1.29, 1.82) is 0 Å². The SMILES string of the molecule is COc1ccc(S(N)(=O)=O)cc1CNc1ncnc2cc(OC)c(OC)cc12. The number of nitrogens with zero attached hydrogens (tertiary/aromatic N) is 2. The van der Waals surface area contributed by atoms with Gasteiger partial charge in [0, 0.05) is 23.6 Å². The molecule has 3 rings (SSSR count). The van der Waals surface area contributed by atoms with E-state index in [0.29, 0.717) is 34.1 Å². The predicted octanol–water partition coefficient (Wildman–Crippen LogP) is 1.92. The average molecular weight is 404 g/mol. The van der Waals surface area contributed by atoms with Crippen LogP contribution >= 0.6 is 0 Å². The van der Waals surface area contributed by atoms with E-state index in [9.17, 15) is 8.42 Å². The standard InChI is InChI=1S/C18H20N4O5S/c1-25-15-5-4-12(28(19,23)24)6-11(15)9-20-18-13-7-16(26-2)17(27-3)8-14(13)21-10-22-18/h4-8,10H,9H2,1-3H3,(H2,19,23,24)(H,20,21,22). The van der Waals surface area contributed by atoms with E-state index < -0.39 is 10.0 Å². The van der Waals surface area contributed by atoms with Crippen molar-refractivity contribution in [2.75, 3.05) is 26.6 Å². The number of methoxy groups -OCH3 is 3. The molecule has 2 aromatic carbocycles. The highest BCUT2D eigenvalue weighted by Crippen LogP contribution is 2.34. The van der Waals surface area contributed by atoms with Crippen molar-refractivity contribution < 1.29 is 22.6 Å². The van der Waals surface area contributed by atoms with Crippen LogP contribution in [0.5, 0.6) is 17.2 Å². The van der Waals surface area contributed by atoms with Crippen molar-refractivity contribution in [1.82, 2.24) is 9.97 Å². The molecule has 0 bridgehead atoms. The van der Waals surface area contributed by atoms with Crippen molar-refractivity contribution in [2.45, 2.75) is 11.4 Å². The molecule has 0 saturated carbocycles. The van der Waals surface area contributed by atoms with Gasteiger partial charge in [-0.3, -0.25) is 0 Å². The van der Waals surface area contributed by atoms with Crippen LogP contribution < -0.4 is 24.7 Å². The van der Waals surface area contributed by atoms with E-state index in [0.717, 1.165) is 5.39 Å². The molecular weight excluding hydrogens is 384 g/mol. The molecule has 1 heterocycles. The van der Waals surface area contributed by atoms with Crippen molar-refractivity contribution in [3.05, 3.63) is 42.2 Å². The van der Waals surface area contributed by atoms with Gasteiger partial charge in [0.25, 0.3) is 0 Å². The maximum absolute atomic E-state index is 11.6. The smallest absolute Gasteiger partial charge is 0.238 e. The predicted molar refractivity (Wildman–Crippen MR) is 104 cm³/mol. The normalized spacial score (nSPS) is 11.3. The van der Waals surface area contributed by atoms with Gasteiger partial charge in [0.1, 0.15) is 17.9 Å². The number of sulfonamides is 1. The molecule has 0 atom stereocenters. The van der Waals surface area contributed by atoms with Crippen LogP contribution in [0.15, 0.2) is 41.6 Å². The van der Waals surface area contributed by atoms with Crippen molar-refractivity contribution in [2.24, 2.45) is 5.14 Å². The minimum Gasteiger partial charge on any atom is -0.496 e. The fraction of sp³-hybridized carbons (Fsp3) is 0.222. The minimum absolute atomic E-state index is 0.00375. The second-order valence-corrected chi connectivity index (χ2v) is 7.38. The Hall–Kier alpha value is -3.11. The number of rotatable bonds is 7. The van der Waals surface area contributed by atoms with Crippen molar-refractivity contribution in [3.63, 3.8) is 0 Å². The van der Waals surface area contributed by atoms with Crippen LogP contribution in [0.1, 0.15) is 5.56 Å². The highest BCUT2D eigenvalue weighted by molar-refractivity contribution is 7.89. The van der Waals surface area contributed by atoms with Crippen LogP contribution in [-0.2, 0) is 16.6 Å². The largest absolute Gasteiger partial charge is 0.496 e. The fourth-order valence-corrected chi connectivity index (χ4v) is 3.34. The summed E-state index contributed by atoms with van der Waals surface area (Å²) in [4.78, 5) is 8.53. The van der Waals surface area contributed by atoms with Gasteiger partial charge in [0.05, 0.1) is 31.7 Å². The molecule has 0 fully saturated rings. The molecular formula is C18H20N4O5S. The van der Waals surface area contributed by atoms with E-state index in [1.165, 1.54) is 25.6 Å². The number of benzene rings is 2. The lowest BCUT2D eigenvalue weighted by molar-refractivity contribution is 0.356. The molecule has 9 nitrogen and oxygen atoms in total. The first-order valence-corrected chi connectivity index (χ1v) is 9.72. The summed E-state index contributed by atoms with van der Waals surface area (Å²) in [5.41, 5.74) is 1.28. The summed E-state index contributed by atoms with van der Waals surface area (Å²) in [6, 6.07) is 7.95. The number of primary sulfonamides is 1. The van der Waals surface area contributed by atoms with Gasteiger partial charge in [0.15, 0.2) is 11.5 Å². The number of ether oxygens (including phenoxy) is 3. The van der Waals surface area contributed by atoms with Gasteiger partial charge in [-0.05, 0) is 24.3 Å². The number of aromatic nitrogens is 2. The molecule has 0 spiro atoms. The quantitative estimate of drug-likeness (QED) is 0.612. The van der Waals surface area contributed by atoms with Crippen LogP contribution in [-0.4, -0.2) is 39.7 Å². The van der Waals surface area contributed by atoms with Gasteiger partial charge in [-0.15, -0.1) is 0 Å². The second-order valence-electron chi connectivity index (χ2n) is 5.82. The Balaban J connectivity index is 1.98. The highest BCUT2D eigenvalue weighted by Gasteiger charge is 2.14. The lowest BCUT2D eigenvalue weighted by Crippen LogP contribution is -2.13. The van der Waals surface area contributed by atoms with Gasteiger partial charge in [-0.2, -0.15) is 0 Å². The number of hydrogen-bond donors (Lipinski definition) is 2. The lowest BCUT2D eigenvalue weighted by Gasteiger charge is -2.14. The number of anilines is 1. The monoisotopic (exact) mass is 404 g/mol. The zero-order valence-corrected chi connectivity index (χ0v) is 16.4. The van der Waals surface area contributed by atoms with Crippen LogP contribution in [0.25, 0.3) is 10.9 Å². The van der Waals surface area contributed by atoms with Crippen molar-refractivity contribution in [3.8, 4) is 17.2 Å². The molecule has 148 valence electrons. The molecule has 0 aliphatic rings. The zero-order valence-electron chi connectivity index (χ0n) is 15.6. The summed E-state index contributed by atoms with van der Waals surface area (Å²) in [6.45, 7) is 0.257. The topological polar surface area (TPSA) is 126 Å². The molecule has 0 saturated heterocycles. The molecule has 10 heteroatoms. The molecule has 1 aromatic heterocycles. The summed E-state index contributed by atoms with van der Waals surface area (Å²) >= 11 is 0. The fourth-order valence-electron chi connectivity index (χ4n) is 2.77. The van der Waals surface area contributed by atoms with Gasteiger partial charge in [-0.1, -0.05) is 0 Å². The van der Waals surface area contributed by atoms with Crippen LogP contribution in [0, 0.1) is 0 Å². The van der Waals surface area contributed by atoms with Crippen molar-refractivity contribution >= 4 is 26.7 Å². The molecule has 28 heavy (non-hydrogen) atoms. The van der Waals surface area contributed by atoms with E-state index in [-0.39, 0.29) is 11.4 Å². The Morgan fingerprint density at radius 2 is 1.64 bits per heavy atom.